The van der Waals surface area contributed by atoms with Crippen molar-refractivity contribution in [3.63, 3.8) is 0 Å². The van der Waals surface area contributed by atoms with E-state index in [2.05, 4.69) is 0 Å². The summed E-state index contributed by atoms with van der Waals surface area (Å²) in [6.07, 6.45) is 4.75. The zero-order valence-electron chi connectivity index (χ0n) is 7.20. The van der Waals surface area contributed by atoms with Crippen molar-refractivity contribution in [3.8, 4) is 0 Å². The van der Waals surface area contributed by atoms with Gasteiger partial charge >= 0.3 is 5.97 Å². The smallest absolute Gasteiger partial charge is 0.305 e. The number of carbonyl (C=O) groups is 1. The molecular formula is C9H16O3. The maximum atomic E-state index is 10.2. The Morgan fingerprint density at radius 3 is 2.50 bits per heavy atom. The molecule has 1 aliphatic rings. The number of carboxylic acids is 1. The van der Waals surface area contributed by atoms with E-state index in [1.807, 2.05) is 0 Å². The van der Waals surface area contributed by atoms with Crippen LogP contribution in [0.25, 0.3) is 0 Å². The molecule has 0 amide bonds. The van der Waals surface area contributed by atoms with Gasteiger partial charge in [0, 0.05) is 0 Å². The average molecular weight is 172 g/mol. The maximum absolute atomic E-state index is 10.2. The van der Waals surface area contributed by atoms with Gasteiger partial charge in [-0.3, -0.25) is 4.79 Å². The van der Waals surface area contributed by atoms with Crippen molar-refractivity contribution >= 4 is 5.97 Å². The number of hydrogen-bond acceptors (Lipinski definition) is 2. The molecule has 1 rings (SSSR count). The lowest BCUT2D eigenvalue weighted by atomic mass is 9.98. The molecule has 0 saturated heterocycles. The fourth-order valence-electron chi connectivity index (χ4n) is 1.92. The van der Waals surface area contributed by atoms with Gasteiger partial charge in [0.05, 0.1) is 12.5 Å². The number of aliphatic hydroxyl groups is 1. The third-order valence-electron chi connectivity index (χ3n) is 2.49. The Labute approximate surface area is 72.4 Å². The second kappa shape index (κ2) is 4.45. The van der Waals surface area contributed by atoms with Gasteiger partial charge in [0.1, 0.15) is 0 Å². The Hall–Kier alpha value is -0.570. The minimum Gasteiger partial charge on any atom is -0.481 e. The second-order valence-electron chi connectivity index (χ2n) is 3.64. The molecule has 0 aromatic heterocycles. The summed E-state index contributed by atoms with van der Waals surface area (Å²) in [5.74, 6) is -0.333. The van der Waals surface area contributed by atoms with Crippen molar-refractivity contribution in [2.24, 2.45) is 5.92 Å². The predicted octanol–water partition coefficient (Wildman–Crippen LogP) is 1.40. The summed E-state index contributed by atoms with van der Waals surface area (Å²) in [6, 6.07) is 0. The van der Waals surface area contributed by atoms with Crippen molar-refractivity contribution in [3.05, 3.63) is 0 Å². The maximum Gasteiger partial charge on any atom is 0.305 e. The van der Waals surface area contributed by atoms with E-state index >= 15 is 0 Å². The Morgan fingerprint density at radius 2 is 2.00 bits per heavy atom. The van der Waals surface area contributed by atoms with Gasteiger partial charge in [-0.2, -0.15) is 0 Å². The summed E-state index contributed by atoms with van der Waals surface area (Å²) in [7, 11) is 0. The summed E-state index contributed by atoms with van der Waals surface area (Å²) in [5, 5.41) is 17.7. The van der Waals surface area contributed by atoms with Gasteiger partial charge in [0.15, 0.2) is 0 Å². The van der Waals surface area contributed by atoms with Crippen LogP contribution in [0.1, 0.15) is 38.5 Å². The molecule has 2 N–H and O–H groups in total. The number of aliphatic hydroxyl groups excluding tert-OH is 1. The van der Waals surface area contributed by atoms with Crippen LogP contribution < -0.4 is 0 Å². The molecule has 0 spiro atoms. The Balaban J connectivity index is 2.16. The lowest BCUT2D eigenvalue weighted by Gasteiger charge is -2.12. The predicted molar refractivity (Wildman–Crippen MR) is 44.8 cm³/mol. The van der Waals surface area contributed by atoms with Gasteiger partial charge in [0.25, 0.3) is 0 Å². The first-order valence-electron chi connectivity index (χ1n) is 4.58. The third kappa shape index (κ3) is 3.22. The monoisotopic (exact) mass is 172 g/mol. The van der Waals surface area contributed by atoms with Crippen LogP contribution in [0.4, 0.5) is 0 Å². The van der Waals surface area contributed by atoms with E-state index < -0.39 is 12.1 Å². The minimum atomic E-state index is -0.902. The van der Waals surface area contributed by atoms with Crippen LogP contribution in [0.5, 0.6) is 0 Å². The van der Waals surface area contributed by atoms with E-state index in [1.165, 1.54) is 12.8 Å². The molecule has 1 saturated carbocycles. The Kier molecular flexibility index (Phi) is 3.53. The lowest BCUT2D eigenvalue weighted by Crippen LogP contribution is -2.16. The molecule has 1 fully saturated rings. The molecule has 0 heterocycles. The molecule has 0 radical (unpaired) electrons. The Bertz CT molecular complexity index is 150. The van der Waals surface area contributed by atoms with E-state index in [0.29, 0.717) is 12.3 Å². The van der Waals surface area contributed by atoms with E-state index in [-0.39, 0.29) is 6.42 Å². The first-order chi connectivity index (χ1) is 5.68. The molecular weight excluding hydrogens is 156 g/mol. The van der Waals surface area contributed by atoms with Crippen LogP contribution in [-0.2, 0) is 4.79 Å². The number of hydrogen-bond donors (Lipinski definition) is 2. The summed E-state index contributed by atoms with van der Waals surface area (Å²) < 4.78 is 0. The lowest BCUT2D eigenvalue weighted by molar-refractivity contribution is -0.139. The van der Waals surface area contributed by atoms with Crippen LogP contribution in [0.2, 0.25) is 0 Å². The van der Waals surface area contributed by atoms with Gasteiger partial charge < -0.3 is 10.2 Å². The highest BCUT2D eigenvalue weighted by Gasteiger charge is 2.19. The van der Waals surface area contributed by atoms with Crippen LogP contribution in [-0.4, -0.2) is 22.3 Å². The summed E-state index contributed by atoms with van der Waals surface area (Å²) in [4.78, 5) is 10.2. The normalized spacial score (nSPS) is 21.1. The molecule has 0 unspecified atom stereocenters. The largest absolute Gasteiger partial charge is 0.481 e. The van der Waals surface area contributed by atoms with Gasteiger partial charge in [-0.05, 0) is 12.3 Å². The standard InChI is InChI=1S/C9H16O3/c10-8(6-9(11)12)5-7-3-1-2-4-7/h7-8,10H,1-6H2,(H,11,12)/t8-/m1/s1. The van der Waals surface area contributed by atoms with Gasteiger partial charge in [-0.15, -0.1) is 0 Å². The van der Waals surface area contributed by atoms with Crippen LogP contribution >= 0.6 is 0 Å². The Morgan fingerprint density at radius 1 is 1.42 bits per heavy atom. The molecule has 1 atom stereocenters. The highest BCUT2D eigenvalue weighted by Crippen LogP contribution is 2.28. The average Bonchev–Trinajstić information content (AvgIpc) is 2.37. The summed E-state index contributed by atoms with van der Waals surface area (Å²) in [5.41, 5.74) is 0. The highest BCUT2D eigenvalue weighted by molar-refractivity contribution is 5.67. The second-order valence-corrected chi connectivity index (χ2v) is 3.64. The molecule has 1 aliphatic carbocycles. The topological polar surface area (TPSA) is 57.5 Å². The van der Waals surface area contributed by atoms with Crippen LogP contribution in [0, 0.1) is 5.92 Å². The van der Waals surface area contributed by atoms with E-state index in [0.717, 1.165) is 12.8 Å². The molecule has 0 bridgehead atoms. The molecule has 3 nitrogen and oxygen atoms in total. The van der Waals surface area contributed by atoms with Gasteiger partial charge in [-0.25, -0.2) is 0 Å². The third-order valence-corrected chi connectivity index (χ3v) is 2.49. The number of rotatable bonds is 4. The summed E-state index contributed by atoms with van der Waals surface area (Å²) in [6.45, 7) is 0. The van der Waals surface area contributed by atoms with Crippen molar-refractivity contribution in [2.45, 2.75) is 44.6 Å². The van der Waals surface area contributed by atoms with Crippen molar-refractivity contribution in [2.75, 3.05) is 0 Å². The van der Waals surface area contributed by atoms with Gasteiger partial charge in [-0.1, -0.05) is 25.7 Å². The highest BCUT2D eigenvalue weighted by atomic mass is 16.4. The SMILES string of the molecule is O=C(O)C[C@H](O)CC1CCCC1. The first-order valence-corrected chi connectivity index (χ1v) is 4.58. The van der Waals surface area contributed by atoms with Crippen molar-refractivity contribution < 1.29 is 15.0 Å². The zero-order chi connectivity index (χ0) is 8.97. The van der Waals surface area contributed by atoms with E-state index in [4.69, 9.17) is 5.11 Å². The number of aliphatic carboxylic acids is 1. The molecule has 70 valence electrons. The quantitative estimate of drug-likeness (QED) is 0.674. The van der Waals surface area contributed by atoms with Gasteiger partial charge in [0.2, 0.25) is 0 Å². The van der Waals surface area contributed by atoms with Crippen molar-refractivity contribution in [1.82, 2.24) is 0 Å². The van der Waals surface area contributed by atoms with E-state index in [9.17, 15) is 9.90 Å². The fraction of sp³-hybridized carbons (Fsp3) is 0.889. The number of carboxylic acid groups (broad SMARTS) is 1. The van der Waals surface area contributed by atoms with Crippen molar-refractivity contribution in [1.29, 1.82) is 0 Å². The molecule has 0 aliphatic heterocycles. The molecule has 3 heteroatoms. The van der Waals surface area contributed by atoms with Crippen LogP contribution in [0.3, 0.4) is 0 Å². The van der Waals surface area contributed by atoms with E-state index in [1.54, 1.807) is 0 Å². The zero-order valence-corrected chi connectivity index (χ0v) is 7.20. The molecule has 12 heavy (non-hydrogen) atoms. The summed E-state index contributed by atoms with van der Waals surface area (Å²) >= 11 is 0. The minimum absolute atomic E-state index is 0.101. The molecule has 0 aromatic carbocycles. The molecule has 0 aromatic rings. The first kappa shape index (κ1) is 9.52. The van der Waals surface area contributed by atoms with Crippen LogP contribution in [0.15, 0.2) is 0 Å². The fourth-order valence-corrected chi connectivity index (χ4v) is 1.92.